The molecule has 0 saturated heterocycles. The molecule has 1 aromatic heterocycles. The van der Waals surface area contributed by atoms with Crippen LogP contribution in [0.5, 0.6) is 0 Å². The van der Waals surface area contributed by atoms with E-state index >= 15 is 0 Å². The summed E-state index contributed by atoms with van der Waals surface area (Å²) < 4.78 is 0. The van der Waals surface area contributed by atoms with E-state index in [9.17, 15) is 0 Å². The summed E-state index contributed by atoms with van der Waals surface area (Å²) >= 11 is 0. The van der Waals surface area contributed by atoms with Crippen LogP contribution in [0.25, 0.3) is 67.5 Å². The summed E-state index contributed by atoms with van der Waals surface area (Å²) in [5.74, 6) is 1.97. The van der Waals surface area contributed by atoms with Crippen LogP contribution in [0.15, 0.2) is 176 Å². The summed E-state index contributed by atoms with van der Waals surface area (Å²) in [4.78, 5) is 15.0. The maximum atomic E-state index is 5.03. The Labute approximate surface area is 285 Å². The molecule has 0 saturated carbocycles. The van der Waals surface area contributed by atoms with Crippen LogP contribution in [0, 0.1) is 0 Å². The monoisotopic (exact) mass is 623 g/mol. The fourth-order valence-electron chi connectivity index (χ4n) is 8.15. The van der Waals surface area contributed by atoms with E-state index < -0.39 is 0 Å². The van der Waals surface area contributed by atoms with E-state index in [-0.39, 0.29) is 5.41 Å². The minimum absolute atomic E-state index is 0.379. The van der Waals surface area contributed by atoms with Gasteiger partial charge >= 0.3 is 0 Å². The van der Waals surface area contributed by atoms with E-state index in [1.54, 1.807) is 0 Å². The average Bonchev–Trinajstić information content (AvgIpc) is 3.66. The molecule has 2 aliphatic rings. The van der Waals surface area contributed by atoms with Crippen molar-refractivity contribution in [2.75, 3.05) is 0 Å². The second-order valence-corrected chi connectivity index (χ2v) is 12.7. The highest BCUT2D eigenvalue weighted by molar-refractivity contribution is 6.00. The molecule has 0 amide bonds. The first kappa shape index (κ1) is 27.6. The third-order valence-corrected chi connectivity index (χ3v) is 10.2. The van der Waals surface area contributed by atoms with Crippen molar-refractivity contribution < 1.29 is 0 Å². The van der Waals surface area contributed by atoms with E-state index in [1.165, 1.54) is 50.1 Å². The van der Waals surface area contributed by atoms with Crippen LogP contribution in [-0.4, -0.2) is 15.0 Å². The zero-order valence-corrected chi connectivity index (χ0v) is 26.6. The van der Waals surface area contributed by atoms with Crippen molar-refractivity contribution in [3.63, 3.8) is 0 Å². The van der Waals surface area contributed by atoms with Crippen molar-refractivity contribution in [2.45, 2.75) is 5.41 Å². The van der Waals surface area contributed by atoms with Crippen LogP contribution in [0.1, 0.15) is 22.3 Å². The van der Waals surface area contributed by atoms with Crippen LogP contribution >= 0.6 is 0 Å². The van der Waals surface area contributed by atoms with Gasteiger partial charge < -0.3 is 0 Å². The summed E-state index contributed by atoms with van der Waals surface area (Å²) in [6.45, 7) is 0. The first-order valence-corrected chi connectivity index (χ1v) is 16.7. The Balaban J connectivity index is 1.19. The molecule has 0 bridgehead atoms. The number of hydrogen-bond donors (Lipinski definition) is 0. The van der Waals surface area contributed by atoms with Crippen LogP contribution in [0.4, 0.5) is 0 Å². The smallest absolute Gasteiger partial charge is 0.164 e. The molecule has 1 spiro atoms. The van der Waals surface area contributed by atoms with Gasteiger partial charge in [0.2, 0.25) is 0 Å². The van der Waals surface area contributed by atoms with Crippen molar-refractivity contribution in [3.8, 4) is 67.5 Å². The van der Waals surface area contributed by atoms with Crippen LogP contribution in [0.3, 0.4) is 0 Å². The molecule has 10 rings (SSSR count). The van der Waals surface area contributed by atoms with E-state index in [0.29, 0.717) is 17.5 Å². The highest BCUT2D eigenvalue weighted by Crippen LogP contribution is 2.63. The van der Waals surface area contributed by atoms with Gasteiger partial charge in [0.15, 0.2) is 17.5 Å². The molecule has 0 unspecified atom stereocenters. The topological polar surface area (TPSA) is 38.7 Å². The fourth-order valence-corrected chi connectivity index (χ4v) is 8.15. The predicted molar refractivity (Wildman–Crippen MR) is 198 cm³/mol. The number of aromatic nitrogens is 3. The number of benzene rings is 7. The standard InChI is InChI=1S/C46H29N3/c1-3-15-30(16-4-1)43-47-44(31-17-5-2-6-18-31)49-45(48-43)33-20-13-19-32(29-33)34-24-14-28-41-42(34)37-23-9-12-27-40(37)46(41)38-25-10-7-21-35(38)36-22-8-11-26-39(36)46/h1-29H. The van der Waals surface area contributed by atoms with Crippen molar-refractivity contribution >= 4 is 0 Å². The molecule has 2 aliphatic carbocycles. The zero-order chi connectivity index (χ0) is 32.4. The molecule has 0 N–H and O–H groups in total. The van der Waals surface area contributed by atoms with E-state index in [4.69, 9.17) is 15.0 Å². The molecular formula is C46H29N3. The van der Waals surface area contributed by atoms with E-state index in [1.807, 2.05) is 60.7 Å². The molecule has 0 fully saturated rings. The molecular weight excluding hydrogens is 595 g/mol. The van der Waals surface area contributed by atoms with Gasteiger partial charge in [0.1, 0.15) is 0 Å². The summed E-state index contributed by atoms with van der Waals surface area (Å²) in [5, 5.41) is 0. The molecule has 8 aromatic rings. The lowest BCUT2D eigenvalue weighted by molar-refractivity contribution is 0.794. The SMILES string of the molecule is c1ccc(-c2nc(-c3ccccc3)nc(-c3cccc(-c4cccc5c4-c4ccccc4C54c5ccccc5-c5ccccc54)c3)n2)cc1. The lowest BCUT2D eigenvalue weighted by Crippen LogP contribution is -2.25. The van der Waals surface area contributed by atoms with Gasteiger partial charge in [-0.1, -0.05) is 170 Å². The van der Waals surface area contributed by atoms with Crippen LogP contribution < -0.4 is 0 Å². The minimum atomic E-state index is -0.379. The van der Waals surface area contributed by atoms with E-state index in [2.05, 4.69) is 115 Å². The van der Waals surface area contributed by atoms with Gasteiger partial charge in [-0.15, -0.1) is 0 Å². The maximum Gasteiger partial charge on any atom is 0.164 e. The molecule has 1 heterocycles. The Morgan fingerprint density at radius 2 is 0.673 bits per heavy atom. The Hall–Kier alpha value is -6.45. The number of fused-ring (bicyclic) bond motifs is 10. The zero-order valence-electron chi connectivity index (χ0n) is 26.6. The van der Waals surface area contributed by atoms with Crippen LogP contribution in [0.2, 0.25) is 0 Å². The summed E-state index contributed by atoms with van der Waals surface area (Å²) in [6, 6.07) is 62.6. The Bertz CT molecular complexity index is 2450. The molecule has 3 nitrogen and oxygen atoms in total. The van der Waals surface area contributed by atoms with Gasteiger partial charge in [0.05, 0.1) is 5.41 Å². The van der Waals surface area contributed by atoms with Gasteiger partial charge in [-0.3, -0.25) is 0 Å². The second kappa shape index (κ2) is 10.8. The lowest BCUT2D eigenvalue weighted by atomic mass is 9.70. The predicted octanol–water partition coefficient (Wildman–Crippen LogP) is 10.9. The summed E-state index contributed by atoms with van der Waals surface area (Å²) in [5.41, 5.74) is 15.4. The number of hydrogen-bond acceptors (Lipinski definition) is 3. The molecule has 3 heteroatoms. The molecule has 228 valence electrons. The Kier molecular flexibility index (Phi) is 6.09. The maximum absolute atomic E-state index is 5.03. The van der Waals surface area contributed by atoms with Crippen molar-refractivity contribution in [1.29, 1.82) is 0 Å². The van der Waals surface area contributed by atoms with E-state index in [0.717, 1.165) is 22.3 Å². The van der Waals surface area contributed by atoms with Crippen molar-refractivity contribution in [1.82, 2.24) is 15.0 Å². The van der Waals surface area contributed by atoms with Crippen molar-refractivity contribution in [2.24, 2.45) is 0 Å². The normalized spacial score (nSPS) is 13.1. The Morgan fingerprint density at radius 3 is 1.27 bits per heavy atom. The first-order chi connectivity index (χ1) is 24.3. The number of rotatable bonds is 4. The molecule has 0 atom stereocenters. The van der Waals surface area contributed by atoms with Gasteiger partial charge in [-0.2, -0.15) is 0 Å². The lowest BCUT2D eigenvalue weighted by Gasteiger charge is -2.30. The van der Waals surface area contributed by atoms with Gasteiger partial charge in [0.25, 0.3) is 0 Å². The highest BCUT2D eigenvalue weighted by atomic mass is 15.0. The largest absolute Gasteiger partial charge is 0.208 e. The second-order valence-electron chi connectivity index (χ2n) is 12.7. The molecule has 0 aliphatic heterocycles. The Morgan fingerprint density at radius 1 is 0.286 bits per heavy atom. The molecule has 7 aromatic carbocycles. The highest BCUT2D eigenvalue weighted by Gasteiger charge is 2.51. The number of nitrogens with zero attached hydrogens (tertiary/aromatic N) is 3. The average molecular weight is 624 g/mol. The third-order valence-electron chi connectivity index (χ3n) is 10.2. The van der Waals surface area contributed by atoms with Crippen molar-refractivity contribution in [3.05, 3.63) is 198 Å². The molecule has 0 radical (unpaired) electrons. The minimum Gasteiger partial charge on any atom is -0.208 e. The summed E-state index contributed by atoms with van der Waals surface area (Å²) in [6.07, 6.45) is 0. The van der Waals surface area contributed by atoms with Gasteiger partial charge in [-0.25, -0.2) is 15.0 Å². The summed E-state index contributed by atoms with van der Waals surface area (Å²) in [7, 11) is 0. The van der Waals surface area contributed by atoms with Gasteiger partial charge in [0, 0.05) is 16.7 Å². The van der Waals surface area contributed by atoms with Crippen LogP contribution in [-0.2, 0) is 5.41 Å². The van der Waals surface area contributed by atoms with Gasteiger partial charge in [-0.05, 0) is 61.7 Å². The quantitative estimate of drug-likeness (QED) is 0.196. The molecule has 49 heavy (non-hydrogen) atoms. The fraction of sp³-hybridized carbons (Fsp3) is 0.0217. The first-order valence-electron chi connectivity index (χ1n) is 16.7. The third kappa shape index (κ3) is 4.06.